The van der Waals surface area contributed by atoms with Crippen LogP contribution >= 0.6 is 0 Å². The van der Waals surface area contributed by atoms with Crippen molar-refractivity contribution >= 4 is 0 Å². The molecule has 0 aliphatic heterocycles. The van der Waals surface area contributed by atoms with E-state index in [-0.39, 0.29) is 46.5 Å². The molecule has 0 nitrogen and oxygen atoms in total. The molecule has 2 aliphatic carbocycles. The van der Waals surface area contributed by atoms with Gasteiger partial charge in [-0.3, -0.25) is 12.2 Å². The fourth-order valence-corrected chi connectivity index (χ4v) is 2.01. The largest absolute Gasteiger partial charge is 4.00 e. The zero-order valence-corrected chi connectivity index (χ0v) is 15.3. The molecule has 0 amide bonds. The second-order valence-electron chi connectivity index (χ2n) is 4.18. The van der Waals surface area contributed by atoms with Gasteiger partial charge in [0.2, 0.25) is 0 Å². The Balaban J connectivity index is -0.000000233. The van der Waals surface area contributed by atoms with Gasteiger partial charge >= 0.3 is 21.7 Å². The van der Waals surface area contributed by atoms with Crippen molar-refractivity contribution in [2.75, 3.05) is 0 Å². The van der Waals surface area contributed by atoms with Gasteiger partial charge in [0.1, 0.15) is 0 Å². The van der Waals surface area contributed by atoms with E-state index < -0.39 is 0 Å². The Bertz CT molecular complexity index is 327. The van der Waals surface area contributed by atoms with Gasteiger partial charge in [0.15, 0.2) is 0 Å². The van der Waals surface area contributed by atoms with Crippen molar-refractivity contribution in [3.05, 3.63) is 46.6 Å². The van der Waals surface area contributed by atoms with Crippen LogP contribution < -0.4 is 24.8 Å². The average Bonchev–Trinajstić information content (AvgIpc) is 2.87. The second kappa shape index (κ2) is 13.2. The van der Waals surface area contributed by atoms with Gasteiger partial charge in [-0.15, -0.1) is 12.8 Å². The van der Waals surface area contributed by atoms with Crippen molar-refractivity contribution in [2.24, 2.45) is 0 Å². The topological polar surface area (TPSA) is 0 Å². The summed E-state index contributed by atoms with van der Waals surface area (Å²) in [5.41, 5.74) is 5.66. The van der Waals surface area contributed by atoms with Crippen molar-refractivity contribution in [1.82, 2.24) is 0 Å². The van der Waals surface area contributed by atoms with Crippen LogP contribution in [0.2, 0.25) is 0 Å². The monoisotopic (exact) mass is 332 g/mol. The second-order valence-corrected chi connectivity index (χ2v) is 4.18. The van der Waals surface area contributed by atoms with E-state index in [0.717, 1.165) is 12.8 Å². The van der Waals surface area contributed by atoms with Crippen LogP contribution in [0.4, 0.5) is 0 Å². The minimum Gasteiger partial charge on any atom is -1.00 e. The van der Waals surface area contributed by atoms with Crippen LogP contribution in [0, 0.1) is 12.2 Å². The van der Waals surface area contributed by atoms with E-state index in [1.54, 1.807) is 0 Å². The fraction of sp³-hybridized carbons (Fsp3) is 0.500. The van der Waals surface area contributed by atoms with Crippen molar-refractivity contribution in [1.29, 1.82) is 0 Å². The molecule has 0 unspecified atom stereocenters. The normalized spacial score (nSPS) is 15.4. The Hall–Kier alpha value is 0.254. The molecule has 3 heteroatoms. The first-order valence-corrected chi connectivity index (χ1v) is 6.22. The quantitative estimate of drug-likeness (QED) is 0.447. The maximum Gasteiger partial charge on any atom is 4.00 e. The summed E-state index contributed by atoms with van der Waals surface area (Å²) in [4.78, 5) is 0. The minimum atomic E-state index is 0. The smallest absolute Gasteiger partial charge is 1.00 e. The molecule has 0 fully saturated rings. The van der Waals surface area contributed by atoms with Crippen LogP contribution in [0.3, 0.4) is 0 Å². The van der Waals surface area contributed by atoms with Gasteiger partial charge in [0, 0.05) is 0 Å². The number of rotatable bonds is 2. The molecule has 0 spiro atoms. The Morgan fingerprint density at radius 2 is 1.16 bits per heavy atom. The van der Waals surface area contributed by atoms with Gasteiger partial charge in [0.25, 0.3) is 0 Å². The van der Waals surface area contributed by atoms with Gasteiger partial charge in [-0.25, -0.2) is 11.1 Å². The third-order valence-corrected chi connectivity index (χ3v) is 3.16. The van der Waals surface area contributed by atoms with Crippen molar-refractivity contribution in [3.8, 4) is 0 Å². The standard InChI is InChI=1S/2C8H11.2ClH.Ti/c2*1-3-8-6-4-5-7(8)2;;;/h2*6H,3-4H2,1-2H3;2*1H;/q2*-1;;;+4/p-2. The molecule has 0 bridgehead atoms. The van der Waals surface area contributed by atoms with Crippen LogP contribution in [0.25, 0.3) is 0 Å². The third-order valence-electron chi connectivity index (χ3n) is 3.16. The van der Waals surface area contributed by atoms with Crippen LogP contribution in [0.1, 0.15) is 53.4 Å². The molecule has 0 N–H and O–H groups in total. The first kappa shape index (κ1) is 24.3. The number of hydrogen-bond donors (Lipinski definition) is 0. The van der Waals surface area contributed by atoms with Crippen LogP contribution in [0.15, 0.2) is 34.4 Å². The van der Waals surface area contributed by atoms with Crippen LogP contribution in [-0.4, -0.2) is 0 Å². The molecule has 0 atom stereocenters. The summed E-state index contributed by atoms with van der Waals surface area (Å²) in [7, 11) is 0. The van der Waals surface area contributed by atoms with Gasteiger partial charge in [0.05, 0.1) is 0 Å². The Morgan fingerprint density at radius 3 is 1.26 bits per heavy atom. The van der Waals surface area contributed by atoms with E-state index in [1.807, 2.05) is 0 Å². The zero-order valence-electron chi connectivity index (χ0n) is 12.2. The maximum atomic E-state index is 3.24. The summed E-state index contributed by atoms with van der Waals surface area (Å²) < 4.78 is 0. The molecule has 0 saturated heterocycles. The predicted molar refractivity (Wildman–Crippen MR) is 70.8 cm³/mol. The molecule has 19 heavy (non-hydrogen) atoms. The number of allylic oxidation sites excluding steroid dienone is 8. The summed E-state index contributed by atoms with van der Waals surface area (Å²) >= 11 is 0. The van der Waals surface area contributed by atoms with Gasteiger partial charge < -0.3 is 24.8 Å². The summed E-state index contributed by atoms with van der Waals surface area (Å²) in [6, 6.07) is 0. The Kier molecular flexibility index (Phi) is 16.9. The molecular weight excluding hydrogens is 311 g/mol. The van der Waals surface area contributed by atoms with Crippen molar-refractivity contribution in [2.45, 2.75) is 53.4 Å². The Labute approximate surface area is 146 Å². The average molecular weight is 333 g/mol. The molecule has 0 saturated carbocycles. The van der Waals surface area contributed by atoms with E-state index in [4.69, 9.17) is 0 Å². The van der Waals surface area contributed by atoms with Gasteiger partial charge in [-0.05, 0) is 0 Å². The number of halogens is 2. The molecule has 0 radical (unpaired) electrons. The number of hydrogen-bond acceptors (Lipinski definition) is 0. The predicted octanol–water partition coefficient (Wildman–Crippen LogP) is -1.04. The third kappa shape index (κ3) is 8.20. The van der Waals surface area contributed by atoms with Crippen LogP contribution in [0.5, 0.6) is 0 Å². The maximum absolute atomic E-state index is 3.24. The molecular formula is C16H22Cl2Ti. The molecule has 2 aliphatic rings. The summed E-state index contributed by atoms with van der Waals surface area (Å²) in [5, 5.41) is 0. The Morgan fingerprint density at radius 1 is 0.842 bits per heavy atom. The van der Waals surface area contributed by atoms with Crippen LogP contribution in [-0.2, 0) is 21.7 Å². The molecule has 0 aromatic rings. The summed E-state index contributed by atoms with van der Waals surface area (Å²) in [5.74, 6) is 0. The first-order chi connectivity index (χ1) is 7.69. The summed E-state index contributed by atoms with van der Waals surface area (Å²) in [6.45, 7) is 8.62. The van der Waals surface area contributed by atoms with Crippen molar-refractivity contribution < 1.29 is 46.5 Å². The molecule has 0 aromatic carbocycles. The molecule has 0 aromatic heterocycles. The molecule has 2 rings (SSSR count). The van der Waals surface area contributed by atoms with Gasteiger partial charge in [-0.1, -0.05) is 40.5 Å². The van der Waals surface area contributed by atoms with E-state index in [9.17, 15) is 0 Å². The molecule has 104 valence electrons. The first-order valence-electron chi connectivity index (χ1n) is 6.22. The minimum absolute atomic E-state index is 0. The van der Waals surface area contributed by atoms with Crippen molar-refractivity contribution in [3.63, 3.8) is 0 Å². The van der Waals surface area contributed by atoms with Gasteiger partial charge in [-0.2, -0.15) is 23.3 Å². The van der Waals surface area contributed by atoms with E-state index >= 15 is 0 Å². The molecule has 0 heterocycles. The SMILES string of the molecule is CCC1=CC[C-]=C1C.CCC1=CC[C-]=C1C.[Cl-].[Cl-].[Ti+4]. The van der Waals surface area contributed by atoms with E-state index in [1.165, 1.54) is 35.1 Å². The fourth-order valence-electron chi connectivity index (χ4n) is 2.01. The van der Waals surface area contributed by atoms with E-state index in [0.29, 0.717) is 0 Å². The van der Waals surface area contributed by atoms with E-state index in [2.05, 4.69) is 52.0 Å². The zero-order chi connectivity index (χ0) is 12.0. The summed E-state index contributed by atoms with van der Waals surface area (Å²) in [6.07, 6.45) is 15.4.